The van der Waals surface area contributed by atoms with Crippen LogP contribution < -0.4 is 5.73 Å². The Morgan fingerprint density at radius 1 is 1.53 bits per heavy atom. The van der Waals surface area contributed by atoms with Crippen molar-refractivity contribution in [2.75, 3.05) is 0 Å². The molecule has 1 aliphatic carbocycles. The summed E-state index contributed by atoms with van der Waals surface area (Å²) >= 11 is 0. The second kappa shape index (κ2) is 3.31. The first kappa shape index (κ1) is 10.3. The summed E-state index contributed by atoms with van der Waals surface area (Å²) in [5.41, 5.74) is 8.33. The highest BCUT2D eigenvalue weighted by Crippen LogP contribution is 2.53. The summed E-state index contributed by atoms with van der Waals surface area (Å²) in [5, 5.41) is 9.14. The number of aromatic nitrogens is 1. The fraction of sp³-hybridized carbons (Fsp3) is 0.385. The Kier molecular flexibility index (Phi) is 2.01. The number of benzene rings is 1. The van der Waals surface area contributed by atoms with E-state index < -0.39 is 0 Å². The van der Waals surface area contributed by atoms with Crippen LogP contribution in [0, 0.1) is 23.7 Å². The largest absolute Gasteiger partial charge is 0.441 e. The minimum atomic E-state index is -0.358. The highest BCUT2D eigenvalue weighted by atomic mass is 16.3. The molecular formula is C13H13N3O. The van der Waals surface area contributed by atoms with Gasteiger partial charge in [-0.05, 0) is 30.5 Å². The number of nitrogens with zero attached hydrogens (tertiary/aromatic N) is 2. The molecule has 1 fully saturated rings. The van der Waals surface area contributed by atoms with Crippen molar-refractivity contribution in [3.63, 3.8) is 0 Å². The van der Waals surface area contributed by atoms with Crippen molar-refractivity contribution in [1.29, 1.82) is 5.26 Å². The van der Waals surface area contributed by atoms with E-state index in [9.17, 15) is 0 Å². The van der Waals surface area contributed by atoms with Crippen LogP contribution in [0.5, 0.6) is 0 Å². The van der Waals surface area contributed by atoms with E-state index in [4.69, 9.17) is 15.4 Å². The summed E-state index contributed by atoms with van der Waals surface area (Å²) in [4.78, 5) is 4.24. The minimum Gasteiger partial charge on any atom is -0.441 e. The number of nitriles is 1. The SMILES string of the molecule is Cc1nc2ccc(C(N)C3(C#N)CC3)cc2o1. The second-order valence-electron chi connectivity index (χ2n) is 4.71. The van der Waals surface area contributed by atoms with Gasteiger partial charge in [-0.1, -0.05) is 6.07 Å². The Balaban J connectivity index is 2.03. The van der Waals surface area contributed by atoms with Crippen LogP contribution in [0.1, 0.15) is 30.3 Å². The Labute approximate surface area is 99.0 Å². The third-order valence-electron chi connectivity index (χ3n) is 3.49. The lowest BCUT2D eigenvalue weighted by atomic mass is 9.92. The number of fused-ring (bicyclic) bond motifs is 1. The summed E-state index contributed by atoms with van der Waals surface area (Å²) in [5.74, 6) is 0.645. The standard InChI is InChI=1S/C13H13N3O/c1-8-16-10-3-2-9(6-11(10)17-8)12(15)13(7-14)4-5-13/h2-3,6,12H,4-5,15H2,1H3. The van der Waals surface area contributed by atoms with Gasteiger partial charge in [0.1, 0.15) is 5.52 Å². The zero-order chi connectivity index (χ0) is 12.0. The molecule has 0 bridgehead atoms. The van der Waals surface area contributed by atoms with Gasteiger partial charge in [0.15, 0.2) is 11.5 Å². The number of nitrogens with two attached hydrogens (primary N) is 1. The molecule has 1 saturated carbocycles. The van der Waals surface area contributed by atoms with Crippen molar-refractivity contribution in [3.8, 4) is 6.07 Å². The van der Waals surface area contributed by atoms with Gasteiger partial charge in [0.05, 0.1) is 11.5 Å². The summed E-state index contributed by atoms with van der Waals surface area (Å²) in [6.07, 6.45) is 1.77. The molecule has 0 radical (unpaired) electrons. The van der Waals surface area contributed by atoms with Crippen LogP contribution in [-0.4, -0.2) is 4.98 Å². The summed E-state index contributed by atoms with van der Waals surface area (Å²) in [6, 6.07) is 7.83. The summed E-state index contributed by atoms with van der Waals surface area (Å²) < 4.78 is 5.48. The molecule has 3 rings (SSSR count). The molecular weight excluding hydrogens is 214 g/mol. The highest BCUT2D eigenvalue weighted by molar-refractivity contribution is 5.73. The maximum atomic E-state index is 9.14. The molecule has 1 unspecified atom stereocenters. The van der Waals surface area contributed by atoms with Crippen molar-refractivity contribution >= 4 is 11.1 Å². The lowest BCUT2D eigenvalue weighted by Gasteiger charge is -2.16. The van der Waals surface area contributed by atoms with Crippen LogP contribution in [0.4, 0.5) is 0 Å². The van der Waals surface area contributed by atoms with Gasteiger partial charge in [0.2, 0.25) is 0 Å². The predicted octanol–water partition coefficient (Wildman–Crippen LogP) is 2.44. The van der Waals surface area contributed by atoms with Crippen molar-refractivity contribution in [1.82, 2.24) is 4.98 Å². The molecule has 0 aliphatic heterocycles. The van der Waals surface area contributed by atoms with Gasteiger partial charge >= 0.3 is 0 Å². The van der Waals surface area contributed by atoms with E-state index in [1.165, 1.54) is 0 Å². The molecule has 2 N–H and O–H groups in total. The normalized spacial score (nSPS) is 18.9. The van der Waals surface area contributed by atoms with E-state index in [-0.39, 0.29) is 11.5 Å². The molecule has 0 saturated heterocycles. The monoisotopic (exact) mass is 227 g/mol. The quantitative estimate of drug-likeness (QED) is 0.854. The first-order valence-electron chi connectivity index (χ1n) is 5.68. The van der Waals surface area contributed by atoms with Crippen LogP contribution in [0.2, 0.25) is 0 Å². The van der Waals surface area contributed by atoms with E-state index >= 15 is 0 Å². The van der Waals surface area contributed by atoms with Gasteiger partial charge in [-0.15, -0.1) is 0 Å². The van der Waals surface area contributed by atoms with Crippen LogP contribution in [0.15, 0.2) is 22.6 Å². The molecule has 86 valence electrons. The third kappa shape index (κ3) is 1.51. The second-order valence-corrected chi connectivity index (χ2v) is 4.71. The van der Waals surface area contributed by atoms with E-state index in [1.54, 1.807) is 0 Å². The maximum absolute atomic E-state index is 9.14. The third-order valence-corrected chi connectivity index (χ3v) is 3.49. The average Bonchev–Trinajstić information content (AvgIpc) is 3.03. The van der Waals surface area contributed by atoms with Gasteiger partial charge in [-0.25, -0.2) is 4.98 Å². The fourth-order valence-corrected chi connectivity index (χ4v) is 2.20. The molecule has 1 atom stereocenters. The van der Waals surface area contributed by atoms with Crippen LogP contribution >= 0.6 is 0 Å². The summed E-state index contributed by atoms with van der Waals surface area (Å²) in [7, 11) is 0. The van der Waals surface area contributed by atoms with Gasteiger partial charge in [-0.3, -0.25) is 0 Å². The van der Waals surface area contributed by atoms with E-state index in [0.29, 0.717) is 5.89 Å². The Morgan fingerprint density at radius 2 is 2.29 bits per heavy atom. The topological polar surface area (TPSA) is 75.8 Å². The molecule has 1 aliphatic rings. The zero-order valence-corrected chi connectivity index (χ0v) is 9.60. The zero-order valence-electron chi connectivity index (χ0n) is 9.60. The molecule has 4 heteroatoms. The van der Waals surface area contributed by atoms with Gasteiger partial charge in [-0.2, -0.15) is 5.26 Å². The maximum Gasteiger partial charge on any atom is 0.192 e. The number of rotatable bonds is 2. The van der Waals surface area contributed by atoms with Crippen LogP contribution in [-0.2, 0) is 0 Å². The molecule has 1 aromatic carbocycles. The fourth-order valence-electron chi connectivity index (χ4n) is 2.20. The van der Waals surface area contributed by atoms with Gasteiger partial charge < -0.3 is 10.2 Å². The molecule has 0 amide bonds. The predicted molar refractivity (Wildman–Crippen MR) is 63.0 cm³/mol. The van der Waals surface area contributed by atoms with E-state index in [2.05, 4.69) is 11.1 Å². The smallest absolute Gasteiger partial charge is 0.192 e. The number of aryl methyl sites for hydroxylation is 1. The molecule has 1 heterocycles. The van der Waals surface area contributed by atoms with Crippen molar-refractivity contribution < 1.29 is 4.42 Å². The first-order valence-corrected chi connectivity index (χ1v) is 5.68. The van der Waals surface area contributed by atoms with Crippen LogP contribution in [0.25, 0.3) is 11.1 Å². The van der Waals surface area contributed by atoms with E-state index in [1.807, 2.05) is 25.1 Å². The van der Waals surface area contributed by atoms with Gasteiger partial charge in [0.25, 0.3) is 0 Å². The Morgan fingerprint density at radius 3 is 2.94 bits per heavy atom. The number of hydrogen-bond acceptors (Lipinski definition) is 4. The van der Waals surface area contributed by atoms with Gasteiger partial charge in [0, 0.05) is 13.0 Å². The van der Waals surface area contributed by atoms with Crippen molar-refractivity contribution in [3.05, 3.63) is 29.7 Å². The lowest BCUT2D eigenvalue weighted by molar-refractivity contribution is 0.517. The highest BCUT2D eigenvalue weighted by Gasteiger charge is 2.49. The number of hydrogen-bond donors (Lipinski definition) is 1. The molecule has 0 spiro atoms. The minimum absolute atomic E-state index is 0.234. The number of oxazole rings is 1. The van der Waals surface area contributed by atoms with E-state index in [0.717, 1.165) is 29.5 Å². The lowest BCUT2D eigenvalue weighted by Crippen LogP contribution is -2.21. The Bertz CT molecular complexity index is 619. The van der Waals surface area contributed by atoms with Crippen molar-refractivity contribution in [2.24, 2.45) is 11.1 Å². The molecule has 2 aromatic rings. The van der Waals surface area contributed by atoms with Crippen LogP contribution in [0.3, 0.4) is 0 Å². The molecule has 17 heavy (non-hydrogen) atoms. The molecule has 4 nitrogen and oxygen atoms in total. The van der Waals surface area contributed by atoms with Crippen molar-refractivity contribution in [2.45, 2.75) is 25.8 Å². The molecule has 1 aromatic heterocycles. The Hall–Kier alpha value is -1.86. The average molecular weight is 227 g/mol. The summed E-state index contributed by atoms with van der Waals surface area (Å²) in [6.45, 7) is 1.82. The first-order chi connectivity index (χ1) is 8.14.